The number of sulfone groups is 1. The summed E-state index contributed by atoms with van der Waals surface area (Å²) in [6, 6.07) is 5.90. The molecular formula is C13H20BrNO2S. The number of nitrogens with one attached hydrogen (secondary N) is 1. The summed E-state index contributed by atoms with van der Waals surface area (Å²) in [6.07, 6.45) is 0. The molecule has 5 heteroatoms. The van der Waals surface area contributed by atoms with E-state index in [0.29, 0.717) is 6.54 Å². The van der Waals surface area contributed by atoms with Crippen LogP contribution in [0, 0.1) is 6.92 Å². The van der Waals surface area contributed by atoms with Crippen LogP contribution in [-0.2, 0) is 9.84 Å². The maximum absolute atomic E-state index is 11.9. The van der Waals surface area contributed by atoms with Gasteiger partial charge in [-0.3, -0.25) is 0 Å². The van der Waals surface area contributed by atoms with Crippen molar-refractivity contribution in [1.82, 2.24) is 0 Å². The molecule has 0 amide bonds. The molecule has 1 N–H and O–H groups in total. The first kappa shape index (κ1) is 15.5. The zero-order valence-electron chi connectivity index (χ0n) is 11.2. The summed E-state index contributed by atoms with van der Waals surface area (Å²) in [6.45, 7) is 7.62. The molecule has 0 saturated carbocycles. The third-order valence-electron chi connectivity index (χ3n) is 2.80. The molecule has 0 radical (unpaired) electrons. The monoisotopic (exact) mass is 333 g/mol. The lowest BCUT2D eigenvalue weighted by molar-refractivity contribution is 0.560. The van der Waals surface area contributed by atoms with E-state index in [-0.39, 0.29) is 5.75 Å². The van der Waals surface area contributed by atoms with E-state index in [1.54, 1.807) is 20.8 Å². The lowest BCUT2D eigenvalue weighted by atomic mass is 10.2. The van der Waals surface area contributed by atoms with Gasteiger partial charge in [0, 0.05) is 16.7 Å². The second-order valence-corrected chi connectivity index (χ2v) is 9.04. The summed E-state index contributed by atoms with van der Waals surface area (Å²) >= 11 is 3.45. The highest BCUT2D eigenvalue weighted by atomic mass is 79.9. The highest BCUT2D eigenvalue weighted by Gasteiger charge is 2.28. The van der Waals surface area contributed by atoms with Crippen LogP contribution in [0.3, 0.4) is 0 Å². The van der Waals surface area contributed by atoms with Crippen LogP contribution in [0.25, 0.3) is 0 Å². The highest BCUT2D eigenvalue weighted by Crippen LogP contribution is 2.21. The van der Waals surface area contributed by atoms with Crippen LogP contribution in [0.1, 0.15) is 26.3 Å². The predicted molar refractivity (Wildman–Crippen MR) is 80.9 cm³/mol. The Hall–Kier alpha value is -0.550. The summed E-state index contributed by atoms with van der Waals surface area (Å²) in [5.41, 5.74) is 2.08. The zero-order chi connectivity index (χ0) is 14.0. The molecule has 1 aromatic carbocycles. The van der Waals surface area contributed by atoms with Crippen molar-refractivity contribution < 1.29 is 8.42 Å². The topological polar surface area (TPSA) is 46.2 Å². The van der Waals surface area contributed by atoms with Gasteiger partial charge in [0.15, 0.2) is 9.84 Å². The molecule has 0 spiro atoms. The molecule has 3 nitrogen and oxygen atoms in total. The summed E-state index contributed by atoms with van der Waals surface area (Å²) in [5, 5.41) is 3.13. The molecule has 0 aliphatic rings. The maximum Gasteiger partial charge on any atom is 0.156 e. The van der Waals surface area contributed by atoms with Gasteiger partial charge in [0.2, 0.25) is 0 Å². The number of halogens is 1. The van der Waals surface area contributed by atoms with E-state index in [1.807, 2.05) is 25.1 Å². The Morgan fingerprint density at radius 3 is 2.39 bits per heavy atom. The zero-order valence-corrected chi connectivity index (χ0v) is 13.7. The first-order valence-corrected chi connectivity index (χ1v) is 8.30. The van der Waals surface area contributed by atoms with E-state index in [2.05, 4.69) is 21.2 Å². The second kappa shape index (κ2) is 5.61. The van der Waals surface area contributed by atoms with Crippen LogP contribution in [0.4, 0.5) is 5.69 Å². The fourth-order valence-electron chi connectivity index (χ4n) is 1.34. The molecule has 0 bridgehead atoms. The number of anilines is 1. The Morgan fingerprint density at radius 2 is 1.89 bits per heavy atom. The molecule has 0 unspecified atom stereocenters. The normalized spacial score (nSPS) is 12.5. The molecule has 0 aliphatic carbocycles. The van der Waals surface area contributed by atoms with Gasteiger partial charge < -0.3 is 5.32 Å². The Balaban J connectivity index is 2.60. The van der Waals surface area contributed by atoms with E-state index in [4.69, 9.17) is 0 Å². The van der Waals surface area contributed by atoms with Gasteiger partial charge in [-0.25, -0.2) is 8.42 Å². The van der Waals surface area contributed by atoms with E-state index < -0.39 is 14.6 Å². The van der Waals surface area contributed by atoms with Gasteiger partial charge >= 0.3 is 0 Å². The maximum atomic E-state index is 11.9. The summed E-state index contributed by atoms with van der Waals surface area (Å²) in [7, 11) is -3.06. The first-order chi connectivity index (χ1) is 8.13. The van der Waals surface area contributed by atoms with Gasteiger partial charge in [-0.2, -0.15) is 0 Å². The lowest BCUT2D eigenvalue weighted by Gasteiger charge is -2.19. The van der Waals surface area contributed by atoms with Crippen molar-refractivity contribution in [3.8, 4) is 0 Å². The third kappa shape index (κ3) is 3.99. The molecule has 0 aromatic heterocycles. The van der Waals surface area contributed by atoms with E-state index in [0.717, 1.165) is 15.7 Å². The summed E-state index contributed by atoms with van der Waals surface area (Å²) in [5.74, 6) is 0.141. The van der Waals surface area contributed by atoms with Crippen LogP contribution in [0.15, 0.2) is 22.7 Å². The Kier molecular flexibility index (Phi) is 4.84. The van der Waals surface area contributed by atoms with Crippen LogP contribution < -0.4 is 5.32 Å². The Morgan fingerprint density at radius 1 is 1.28 bits per heavy atom. The van der Waals surface area contributed by atoms with E-state index in [9.17, 15) is 8.42 Å². The Labute approximate surface area is 118 Å². The average molecular weight is 334 g/mol. The minimum absolute atomic E-state index is 0.141. The Bertz CT molecular complexity index is 518. The fourth-order valence-corrected chi connectivity index (χ4v) is 2.70. The molecule has 0 atom stereocenters. The lowest BCUT2D eigenvalue weighted by Crippen LogP contribution is -2.32. The van der Waals surface area contributed by atoms with Gasteiger partial charge in [-0.1, -0.05) is 22.0 Å². The molecular weight excluding hydrogens is 314 g/mol. The van der Waals surface area contributed by atoms with Crippen molar-refractivity contribution >= 4 is 31.5 Å². The smallest absolute Gasteiger partial charge is 0.156 e. The first-order valence-electron chi connectivity index (χ1n) is 5.86. The van der Waals surface area contributed by atoms with Crippen molar-refractivity contribution in [2.24, 2.45) is 0 Å². The molecule has 102 valence electrons. The van der Waals surface area contributed by atoms with Crippen molar-refractivity contribution in [3.05, 3.63) is 28.2 Å². The van der Waals surface area contributed by atoms with Crippen molar-refractivity contribution in [1.29, 1.82) is 0 Å². The molecule has 0 saturated heterocycles. The van der Waals surface area contributed by atoms with E-state index in [1.165, 1.54) is 0 Å². The SMILES string of the molecule is Cc1ccc(NCCS(=O)(=O)C(C)(C)C)cc1Br. The minimum Gasteiger partial charge on any atom is -0.384 e. The number of aryl methyl sites for hydroxylation is 1. The van der Waals surface area contributed by atoms with Gasteiger partial charge in [0.25, 0.3) is 0 Å². The summed E-state index contributed by atoms with van der Waals surface area (Å²) in [4.78, 5) is 0. The van der Waals surface area contributed by atoms with Crippen LogP contribution in [-0.4, -0.2) is 25.5 Å². The molecule has 0 heterocycles. The second-order valence-electron chi connectivity index (χ2n) is 5.32. The standard InChI is InChI=1S/C13H20BrNO2S/c1-10-5-6-11(9-12(10)14)15-7-8-18(16,17)13(2,3)4/h5-6,9,15H,7-8H2,1-4H3. The number of rotatable bonds is 4. The van der Waals surface area contributed by atoms with Crippen LogP contribution in [0.2, 0.25) is 0 Å². The predicted octanol–water partition coefficient (Wildman–Crippen LogP) is 3.38. The van der Waals surface area contributed by atoms with Gasteiger partial charge in [0.1, 0.15) is 0 Å². The molecule has 1 aromatic rings. The van der Waals surface area contributed by atoms with Gasteiger partial charge in [0.05, 0.1) is 10.5 Å². The molecule has 0 aliphatic heterocycles. The largest absolute Gasteiger partial charge is 0.384 e. The molecule has 18 heavy (non-hydrogen) atoms. The van der Waals surface area contributed by atoms with Crippen molar-refractivity contribution in [3.63, 3.8) is 0 Å². The summed E-state index contributed by atoms with van der Waals surface area (Å²) < 4.78 is 24.2. The van der Waals surface area contributed by atoms with Crippen molar-refractivity contribution in [2.75, 3.05) is 17.6 Å². The average Bonchev–Trinajstić information content (AvgIpc) is 2.21. The minimum atomic E-state index is -3.06. The van der Waals surface area contributed by atoms with Crippen LogP contribution in [0.5, 0.6) is 0 Å². The number of benzene rings is 1. The number of hydrogen-bond acceptors (Lipinski definition) is 3. The number of hydrogen-bond donors (Lipinski definition) is 1. The van der Waals surface area contributed by atoms with Crippen molar-refractivity contribution in [2.45, 2.75) is 32.4 Å². The fraction of sp³-hybridized carbons (Fsp3) is 0.538. The van der Waals surface area contributed by atoms with Crippen LogP contribution >= 0.6 is 15.9 Å². The third-order valence-corrected chi connectivity index (χ3v) is 6.27. The quantitative estimate of drug-likeness (QED) is 0.918. The van der Waals surface area contributed by atoms with Gasteiger partial charge in [-0.05, 0) is 45.4 Å². The molecule has 0 fully saturated rings. The molecule has 1 rings (SSSR count). The van der Waals surface area contributed by atoms with Gasteiger partial charge in [-0.15, -0.1) is 0 Å². The highest BCUT2D eigenvalue weighted by molar-refractivity contribution is 9.10. The van der Waals surface area contributed by atoms with E-state index >= 15 is 0 Å².